The van der Waals surface area contributed by atoms with Crippen molar-refractivity contribution in [2.24, 2.45) is 10.5 Å². The molecule has 0 bridgehead atoms. The number of allylic oxidation sites excluding steroid dienone is 2. The van der Waals surface area contributed by atoms with Crippen LogP contribution in [0.5, 0.6) is 0 Å². The number of hydrogen-bond acceptors (Lipinski definition) is 3. The predicted octanol–water partition coefficient (Wildman–Crippen LogP) is 3.79. The van der Waals surface area contributed by atoms with Gasteiger partial charge in [-0.3, -0.25) is 0 Å². The van der Waals surface area contributed by atoms with Gasteiger partial charge in [0, 0.05) is 11.1 Å². The van der Waals surface area contributed by atoms with Crippen LogP contribution in [0.15, 0.2) is 46.4 Å². The minimum Gasteiger partial charge on any atom is -0.200 e. The van der Waals surface area contributed by atoms with Crippen LogP contribution in [0, 0.1) is 12.3 Å². The molecular formula is C17H24N2O2S. The molecular weight excluding hydrogens is 296 g/mol. The van der Waals surface area contributed by atoms with E-state index in [9.17, 15) is 8.42 Å². The molecule has 0 aromatic heterocycles. The van der Waals surface area contributed by atoms with Crippen LogP contribution in [0.25, 0.3) is 0 Å². The molecule has 0 heterocycles. The Morgan fingerprint density at radius 1 is 1.18 bits per heavy atom. The summed E-state index contributed by atoms with van der Waals surface area (Å²) in [5.74, 6) is 0. The second kappa shape index (κ2) is 6.65. The number of rotatable bonds is 5. The van der Waals surface area contributed by atoms with E-state index < -0.39 is 10.0 Å². The van der Waals surface area contributed by atoms with Gasteiger partial charge in [0.05, 0.1) is 4.90 Å². The van der Waals surface area contributed by atoms with Crippen molar-refractivity contribution in [2.45, 2.75) is 51.3 Å². The highest BCUT2D eigenvalue weighted by Gasteiger charge is 2.31. The highest BCUT2D eigenvalue weighted by molar-refractivity contribution is 7.89. The highest BCUT2D eigenvalue weighted by Crippen LogP contribution is 2.35. The van der Waals surface area contributed by atoms with Crippen LogP contribution in [0.1, 0.15) is 45.1 Å². The van der Waals surface area contributed by atoms with E-state index in [-0.39, 0.29) is 10.3 Å². The van der Waals surface area contributed by atoms with E-state index in [1.165, 1.54) is 0 Å². The topological polar surface area (TPSA) is 58.5 Å². The number of aryl methyl sites for hydroxylation is 1. The molecule has 1 aromatic rings. The Hall–Kier alpha value is -1.62. The third-order valence-electron chi connectivity index (χ3n) is 4.45. The molecule has 4 nitrogen and oxygen atoms in total. The van der Waals surface area contributed by atoms with Gasteiger partial charge in [-0.05, 0) is 44.7 Å². The van der Waals surface area contributed by atoms with Gasteiger partial charge < -0.3 is 0 Å². The fraction of sp³-hybridized carbons (Fsp3) is 0.471. The highest BCUT2D eigenvalue weighted by atomic mass is 32.2. The first-order chi connectivity index (χ1) is 10.4. The molecule has 0 aliphatic heterocycles. The van der Waals surface area contributed by atoms with Crippen molar-refractivity contribution >= 4 is 15.7 Å². The minimum atomic E-state index is -3.60. The Morgan fingerprint density at radius 3 is 2.41 bits per heavy atom. The smallest absolute Gasteiger partial charge is 0.200 e. The molecule has 0 saturated heterocycles. The van der Waals surface area contributed by atoms with E-state index >= 15 is 0 Å². The average molecular weight is 320 g/mol. The summed E-state index contributed by atoms with van der Waals surface area (Å²) in [4.78, 5) is 2.66. The van der Waals surface area contributed by atoms with Crippen LogP contribution in [0.4, 0.5) is 0 Å². The van der Waals surface area contributed by atoms with Crippen LogP contribution >= 0.6 is 0 Å². The maximum atomic E-state index is 12.3. The molecule has 22 heavy (non-hydrogen) atoms. The molecule has 1 N–H and O–H groups in total. The van der Waals surface area contributed by atoms with Gasteiger partial charge in [0.1, 0.15) is 0 Å². The molecule has 5 heteroatoms. The summed E-state index contributed by atoms with van der Waals surface area (Å²) in [6, 6.07) is 6.78. The lowest BCUT2D eigenvalue weighted by molar-refractivity contribution is 0.472. The average Bonchev–Trinajstić information content (AvgIpc) is 2.53. The maximum absolute atomic E-state index is 12.3. The first-order valence-corrected chi connectivity index (χ1v) is 9.25. The minimum absolute atomic E-state index is 0.117. The van der Waals surface area contributed by atoms with Crippen molar-refractivity contribution in [3.8, 4) is 0 Å². The molecule has 120 valence electrons. The molecule has 2 rings (SSSR count). The Balaban J connectivity index is 2.26. The number of sulfonamides is 1. The Morgan fingerprint density at radius 2 is 1.82 bits per heavy atom. The third-order valence-corrected chi connectivity index (χ3v) is 5.68. The number of hydrogen-bond donors (Lipinski definition) is 1. The molecule has 0 atom stereocenters. The van der Waals surface area contributed by atoms with Crippen molar-refractivity contribution in [3.63, 3.8) is 0 Å². The number of benzene rings is 1. The monoisotopic (exact) mass is 320 g/mol. The van der Waals surface area contributed by atoms with Crippen molar-refractivity contribution in [1.82, 2.24) is 4.83 Å². The second-order valence-electron chi connectivity index (χ2n) is 5.77. The molecule has 0 unspecified atom stereocenters. The molecule has 1 aliphatic rings. The molecule has 1 aliphatic carbocycles. The lowest BCUT2D eigenvalue weighted by Gasteiger charge is -2.32. The van der Waals surface area contributed by atoms with E-state index in [4.69, 9.17) is 0 Å². The van der Waals surface area contributed by atoms with Gasteiger partial charge in [0.2, 0.25) is 0 Å². The third kappa shape index (κ3) is 3.40. The largest absolute Gasteiger partial charge is 0.276 e. The summed E-state index contributed by atoms with van der Waals surface area (Å²) in [6.45, 7) is 6.15. The standard InChI is InChI=1S/C17H24N2O2S/c1-4-17(5-2)13-7-6-8-16(17)18-19-22(20,21)15-11-9-14(3)10-12-15/h7,9-13,19H,4-6,8H2,1-3H3/b18-16+. The van der Waals surface area contributed by atoms with Crippen molar-refractivity contribution < 1.29 is 8.42 Å². The zero-order chi connectivity index (χ0) is 16.2. The van der Waals surface area contributed by atoms with E-state index in [0.29, 0.717) is 0 Å². The summed E-state index contributed by atoms with van der Waals surface area (Å²) in [7, 11) is -3.60. The van der Waals surface area contributed by atoms with Crippen LogP contribution in [-0.2, 0) is 10.0 Å². The summed E-state index contributed by atoms with van der Waals surface area (Å²) in [5.41, 5.74) is 1.84. The molecule has 1 aromatic carbocycles. The van der Waals surface area contributed by atoms with Gasteiger partial charge in [-0.1, -0.05) is 43.7 Å². The van der Waals surface area contributed by atoms with Crippen molar-refractivity contribution in [2.75, 3.05) is 0 Å². The molecule has 0 radical (unpaired) electrons. The van der Waals surface area contributed by atoms with E-state index in [1.807, 2.05) is 6.92 Å². The Labute approximate surface area is 133 Å². The van der Waals surface area contributed by atoms with Crippen LogP contribution < -0.4 is 4.83 Å². The summed E-state index contributed by atoms with van der Waals surface area (Å²) in [5, 5.41) is 4.28. The van der Waals surface area contributed by atoms with Gasteiger partial charge in [0.15, 0.2) is 0 Å². The van der Waals surface area contributed by atoms with Gasteiger partial charge >= 0.3 is 0 Å². The number of hydrazone groups is 1. The van der Waals surface area contributed by atoms with E-state index in [2.05, 4.69) is 35.9 Å². The predicted molar refractivity (Wildman–Crippen MR) is 90.3 cm³/mol. The van der Waals surface area contributed by atoms with Gasteiger partial charge in [0.25, 0.3) is 10.0 Å². The number of nitrogens with zero attached hydrogens (tertiary/aromatic N) is 1. The molecule has 0 spiro atoms. The van der Waals surface area contributed by atoms with Crippen LogP contribution in [0.3, 0.4) is 0 Å². The van der Waals surface area contributed by atoms with Crippen molar-refractivity contribution in [1.29, 1.82) is 0 Å². The summed E-state index contributed by atoms with van der Waals surface area (Å²) < 4.78 is 24.7. The summed E-state index contributed by atoms with van der Waals surface area (Å²) in [6.07, 6.45) is 7.90. The molecule has 0 amide bonds. The fourth-order valence-corrected chi connectivity index (χ4v) is 3.65. The van der Waals surface area contributed by atoms with Crippen LogP contribution in [-0.4, -0.2) is 14.1 Å². The van der Waals surface area contributed by atoms with E-state index in [0.717, 1.165) is 37.0 Å². The van der Waals surface area contributed by atoms with Gasteiger partial charge in [-0.2, -0.15) is 13.5 Å². The van der Waals surface area contributed by atoms with E-state index in [1.54, 1.807) is 24.3 Å². The SMILES string of the molecule is CCC1(CC)C=CCC/C1=N\NS(=O)(=O)c1ccc(C)cc1. The molecule has 0 saturated carbocycles. The maximum Gasteiger partial charge on any atom is 0.276 e. The Kier molecular flexibility index (Phi) is 5.06. The molecule has 0 fully saturated rings. The zero-order valence-electron chi connectivity index (χ0n) is 13.5. The van der Waals surface area contributed by atoms with Gasteiger partial charge in [-0.15, -0.1) is 0 Å². The normalized spacial score (nSPS) is 19.3. The summed E-state index contributed by atoms with van der Waals surface area (Å²) >= 11 is 0. The quantitative estimate of drug-likeness (QED) is 0.663. The lowest BCUT2D eigenvalue weighted by Crippen LogP contribution is -2.33. The van der Waals surface area contributed by atoms with Crippen LogP contribution in [0.2, 0.25) is 0 Å². The van der Waals surface area contributed by atoms with Gasteiger partial charge in [-0.25, -0.2) is 4.83 Å². The first kappa shape index (κ1) is 16.7. The van der Waals surface area contributed by atoms with Crippen molar-refractivity contribution in [3.05, 3.63) is 42.0 Å². The first-order valence-electron chi connectivity index (χ1n) is 7.77. The second-order valence-corrected chi connectivity index (χ2v) is 7.43. The number of nitrogens with one attached hydrogen (secondary N) is 1. The zero-order valence-corrected chi connectivity index (χ0v) is 14.3. The fourth-order valence-electron chi connectivity index (χ4n) is 2.82. The lowest BCUT2D eigenvalue weighted by atomic mass is 9.73. The Bertz CT molecular complexity index is 669.